The minimum atomic E-state index is -4.14. The summed E-state index contributed by atoms with van der Waals surface area (Å²) < 4.78 is 36.7. The molecule has 5 heteroatoms. The van der Waals surface area contributed by atoms with E-state index in [9.17, 15) is 13.2 Å². The van der Waals surface area contributed by atoms with Gasteiger partial charge in [-0.1, -0.05) is 28.1 Å². The van der Waals surface area contributed by atoms with Gasteiger partial charge in [-0.15, -0.1) is 11.6 Å². The van der Waals surface area contributed by atoms with Crippen molar-refractivity contribution in [3.8, 4) is 0 Å². The zero-order chi connectivity index (χ0) is 11.5. The molecule has 1 rings (SSSR count). The van der Waals surface area contributed by atoms with Crippen LogP contribution in [0.3, 0.4) is 0 Å². The van der Waals surface area contributed by atoms with Crippen molar-refractivity contribution in [1.82, 2.24) is 0 Å². The largest absolute Gasteiger partial charge is 0.389 e. The second-order valence-corrected chi connectivity index (χ2v) is 4.62. The Morgan fingerprint density at radius 1 is 1.20 bits per heavy atom. The molecule has 0 aromatic heterocycles. The number of hydrogen-bond donors (Lipinski definition) is 0. The third-order valence-electron chi connectivity index (χ3n) is 1.91. The van der Waals surface area contributed by atoms with Gasteiger partial charge in [-0.3, -0.25) is 0 Å². The van der Waals surface area contributed by atoms with Crippen LogP contribution in [0.25, 0.3) is 0 Å². The predicted octanol–water partition coefficient (Wildman–Crippen LogP) is 5.07. The Morgan fingerprint density at radius 2 is 1.73 bits per heavy atom. The fourth-order valence-electron chi connectivity index (χ4n) is 1.13. The summed E-state index contributed by atoms with van der Waals surface area (Å²) in [6, 6.07) is 6.97. The van der Waals surface area contributed by atoms with E-state index in [2.05, 4.69) is 15.9 Å². The van der Waals surface area contributed by atoms with Crippen LogP contribution in [0.2, 0.25) is 0 Å². The minimum Gasteiger partial charge on any atom is -0.171 e. The summed E-state index contributed by atoms with van der Waals surface area (Å²) in [5.41, 5.74) is 0.712. The first kappa shape index (κ1) is 12.8. The summed E-state index contributed by atoms with van der Waals surface area (Å²) in [4.78, 5) is 0. The molecule has 0 bridgehead atoms. The fraction of sp³-hybridized carbons (Fsp3) is 0.400. The lowest BCUT2D eigenvalue weighted by Gasteiger charge is -2.11. The van der Waals surface area contributed by atoms with Crippen molar-refractivity contribution in [2.45, 2.75) is 24.4 Å². The van der Waals surface area contributed by atoms with Crippen LogP contribution < -0.4 is 0 Å². The van der Waals surface area contributed by atoms with Crippen LogP contribution in [0.4, 0.5) is 13.2 Å². The zero-order valence-corrected chi connectivity index (χ0v) is 10.0. The molecule has 1 aromatic carbocycles. The lowest BCUT2D eigenvalue weighted by molar-refractivity contribution is -0.135. The van der Waals surface area contributed by atoms with Crippen LogP contribution in [0, 0.1) is 0 Å². The maximum Gasteiger partial charge on any atom is 0.389 e. The first-order valence-electron chi connectivity index (χ1n) is 4.35. The van der Waals surface area contributed by atoms with Gasteiger partial charge in [0.1, 0.15) is 0 Å². The molecule has 84 valence electrons. The molecule has 0 aliphatic carbocycles. The lowest BCUT2D eigenvalue weighted by atomic mass is 10.1. The van der Waals surface area contributed by atoms with E-state index in [0.29, 0.717) is 5.56 Å². The van der Waals surface area contributed by atoms with E-state index in [-0.39, 0.29) is 6.42 Å². The van der Waals surface area contributed by atoms with Crippen LogP contribution in [-0.4, -0.2) is 6.18 Å². The number of benzene rings is 1. The van der Waals surface area contributed by atoms with Gasteiger partial charge in [0.15, 0.2) is 0 Å². The first-order chi connectivity index (χ1) is 6.88. The number of alkyl halides is 4. The van der Waals surface area contributed by atoms with E-state index in [1.165, 1.54) is 0 Å². The quantitative estimate of drug-likeness (QED) is 0.684. The molecule has 0 saturated carbocycles. The molecule has 0 amide bonds. The maximum absolute atomic E-state index is 11.9. The molecule has 1 unspecified atom stereocenters. The van der Waals surface area contributed by atoms with Crippen molar-refractivity contribution in [1.29, 1.82) is 0 Å². The van der Waals surface area contributed by atoms with Crippen molar-refractivity contribution < 1.29 is 13.2 Å². The monoisotopic (exact) mass is 300 g/mol. The van der Waals surface area contributed by atoms with Gasteiger partial charge in [0, 0.05) is 10.9 Å². The summed E-state index contributed by atoms with van der Waals surface area (Å²) in [6.45, 7) is 0. The summed E-state index contributed by atoms with van der Waals surface area (Å²) >= 11 is 9.09. The Hall–Kier alpha value is -0.220. The van der Waals surface area contributed by atoms with Gasteiger partial charge >= 0.3 is 6.18 Å². The summed E-state index contributed by atoms with van der Waals surface area (Å²) in [5, 5.41) is -0.584. The van der Waals surface area contributed by atoms with Gasteiger partial charge in [-0.25, -0.2) is 0 Å². The van der Waals surface area contributed by atoms with Crippen LogP contribution in [-0.2, 0) is 0 Å². The zero-order valence-electron chi connectivity index (χ0n) is 7.69. The van der Waals surface area contributed by atoms with Crippen molar-refractivity contribution in [2.24, 2.45) is 0 Å². The first-order valence-corrected chi connectivity index (χ1v) is 5.58. The fourth-order valence-corrected chi connectivity index (χ4v) is 1.65. The minimum absolute atomic E-state index is 0.0906. The predicted molar refractivity (Wildman–Crippen MR) is 58.0 cm³/mol. The van der Waals surface area contributed by atoms with Gasteiger partial charge in [-0.2, -0.15) is 13.2 Å². The molecule has 1 aromatic rings. The number of halogens is 5. The van der Waals surface area contributed by atoms with Crippen LogP contribution in [0.5, 0.6) is 0 Å². The van der Waals surface area contributed by atoms with E-state index in [0.717, 1.165) is 4.47 Å². The lowest BCUT2D eigenvalue weighted by Crippen LogP contribution is -2.08. The Labute approximate surface area is 99.6 Å². The van der Waals surface area contributed by atoms with Gasteiger partial charge in [0.25, 0.3) is 0 Å². The van der Waals surface area contributed by atoms with E-state index in [1.807, 2.05) is 0 Å². The molecule has 0 N–H and O–H groups in total. The van der Waals surface area contributed by atoms with E-state index in [4.69, 9.17) is 11.6 Å². The summed E-state index contributed by atoms with van der Waals surface area (Å²) in [7, 11) is 0. The third kappa shape index (κ3) is 4.89. The summed E-state index contributed by atoms with van der Waals surface area (Å²) in [5.74, 6) is 0. The van der Waals surface area contributed by atoms with Crippen LogP contribution >= 0.6 is 27.5 Å². The topological polar surface area (TPSA) is 0 Å². The van der Waals surface area contributed by atoms with E-state index in [1.54, 1.807) is 24.3 Å². The second-order valence-electron chi connectivity index (χ2n) is 3.17. The molecule has 0 radical (unpaired) electrons. The summed E-state index contributed by atoms with van der Waals surface area (Å²) in [6.07, 6.45) is -5.08. The highest BCUT2D eigenvalue weighted by Crippen LogP contribution is 2.31. The van der Waals surface area contributed by atoms with Crippen LogP contribution in [0.15, 0.2) is 28.7 Å². The molecule has 0 spiro atoms. The van der Waals surface area contributed by atoms with Crippen molar-refractivity contribution in [3.63, 3.8) is 0 Å². The molecule has 0 aliphatic heterocycles. The van der Waals surface area contributed by atoms with Crippen LogP contribution in [0.1, 0.15) is 23.8 Å². The van der Waals surface area contributed by atoms with Gasteiger partial charge in [0.2, 0.25) is 0 Å². The van der Waals surface area contributed by atoms with Crippen molar-refractivity contribution in [2.75, 3.05) is 0 Å². The van der Waals surface area contributed by atoms with E-state index < -0.39 is 18.0 Å². The van der Waals surface area contributed by atoms with E-state index >= 15 is 0 Å². The second kappa shape index (κ2) is 5.21. The van der Waals surface area contributed by atoms with Gasteiger partial charge in [-0.05, 0) is 24.1 Å². The molecular weight excluding hydrogens is 292 g/mol. The SMILES string of the molecule is FC(F)(F)CCC(Cl)c1ccc(Br)cc1. The highest BCUT2D eigenvalue weighted by Gasteiger charge is 2.28. The van der Waals surface area contributed by atoms with Crippen molar-refractivity contribution >= 4 is 27.5 Å². The number of hydrogen-bond acceptors (Lipinski definition) is 0. The maximum atomic E-state index is 11.9. The molecular formula is C10H9BrClF3. The Kier molecular flexibility index (Phi) is 4.46. The normalized spacial score (nSPS) is 13.9. The Balaban J connectivity index is 2.54. The molecule has 0 heterocycles. The average Bonchev–Trinajstić information content (AvgIpc) is 2.14. The third-order valence-corrected chi connectivity index (χ3v) is 2.91. The van der Waals surface area contributed by atoms with Gasteiger partial charge < -0.3 is 0 Å². The molecule has 1 atom stereocenters. The molecule has 0 nitrogen and oxygen atoms in total. The van der Waals surface area contributed by atoms with Crippen molar-refractivity contribution in [3.05, 3.63) is 34.3 Å². The molecule has 15 heavy (non-hydrogen) atoms. The molecule has 0 saturated heterocycles. The molecule has 0 fully saturated rings. The standard InChI is InChI=1S/C10H9BrClF3/c11-8-3-1-7(2-4-8)9(12)5-6-10(13,14)15/h1-4,9H,5-6H2. The Bertz CT molecular complexity index is 307. The highest BCUT2D eigenvalue weighted by atomic mass is 79.9. The Morgan fingerprint density at radius 3 is 2.20 bits per heavy atom. The smallest absolute Gasteiger partial charge is 0.171 e. The average molecular weight is 302 g/mol. The van der Waals surface area contributed by atoms with Gasteiger partial charge in [0.05, 0.1) is 5.38 Å². The number of rotatable bonds is 3. The molecule has 0 aliphatic rings. The highest BCUT2D eigenvalue weighted by molar-refractivity contribution is 9.10.